The number of aromatic nitrogens is 2. The van der Waals surface area contributed by atoms with E-state index in [1.807, 2.05) is 48.5 Å². The predicted molar refractivity (Wildman–Crippen MR) is 114 cm³/mol. The summed E-state index contributed by atoms with van der Waals surface area (Å²) in [6.07, 6.45) is 0. The average Bonchev–Trinajstić information content (AvgIpc) is 3.08. The van der Waals surface area contributed by atoms with Crippen molar-refractivity contribution in [2.24, 2.45) is 0 Å². The van der Waals surface area contributed by atoms with Crippen LogP contribution in [-0.4, -0.2) is 22.7 Å². The van der Waals surface area contributed by atoms with Gasteiger partial charge in [0.25, 0.3) is 5.91 Å². The Morgan fingerprint density at radius 1 is 1.19 bits per heavy atom. The van der Waals surface area contributed by atoms with Gasteiger partial charge in [-0.25, -0.2) is 0 Å². The van der Waals surface area contributed by atoms with Gasteiger partial charge in [0.15, 0.2) is 10.9 Å². The zero-order valence-electron chi connectivity index (χ0n) is 13.3. The van der Waals surface area contributed by atoms with E-state index in [1.165, 1.54) is 23.1 Å². The lowest BCUT2D eigenvalue weighted by Gasteiger charge is -2.05. The van der Waals surface area contributed by atoms with Crippen LogP contribution in [0.2, 0.25) is 5.02 Å². The van der Waals surface area contributed by atoms with Gasteiger partial charge < -0.3 is 4.74 Å². The number of carbonyl (C=O) groups is 1. The van der Waals surface area contributed by atoms with Gasteiger partial charge in [-0.2, -0.15) is 0 Å². The first kappa shape index (κ1) is 19.4. The maximum absolute atomic E-state index is 12.0. The molecule has 1 amide bonds. The molecule has 0 atom stereocenters. The second-order valence-electron chi connectivity index (χ2n) is 5.04. The SMILES string of the molecule is O=C(COc1ccc(I)cc1)Nc1nnc(SCc2ccccc2Cl)s1. The first-order valence-electron chi connectivity index (χ1n) is 7.48. The molecule has 0 spiro atoms. The molecule has 0 unspecified atom stereocenters. The third-order valence-electron chi connectivity index (χ3n) is 3.15. The number of nitrogens with zero attached hydrogens (tertiary/aromatic N) is 2. The van der Waals surface area contributed by atoms with Crippen LogP contribution >= 0.6 is 57.3 Å². The van der Waals surface area contributed by atoms with Crippen LogP contribution in [0.3, 0.4) is 0 Å². The van der Waals surface area contributed by atoms with Crippen LogP contribution in [0.25, 0.3) is 0 Å². The highest BCUT2D eigenvalue weighted by molar-refractivity contribution is 14.1. The van der Waals surface area contributed by atoms with Crippen molar-refractivity contribution in [3.05, 3.63) is 62.7 Å². The molecule has 5 nitrogen and oxygen atoms in total. The van der Waals surface area contributed by atoms with Crippen LogP contribution in [0.4, 0.5) is 5.13 Å². The Bertz CT molecular complexity index is 890. The predicted octanol–water partition coefficient (Wildman–Crippen LogP) is 5.11. The second-order valence-corrected chi connectivity index (χ2v) is 8.90. The van der Waals surface area contributed by atoms with Gasteiger partial charge in [-0.1, -0.05) is 52.9 Å². The van der Waals surface area contributed by atoms with E-state index < -0.39 is 0 Å². The standard InChI is InChI=1S/C17H13ClIN3O2S2/c18-14-4-2-1-3-11(14)10-25-17-22-21-16(26-17)20-15(23)9-24-13-7-5-12(19)6-8-13/h1-8H,9-10H2,(H,20,21,23). The van der Waals surface area contributed by atoms with Crippen LogP contribution in [-0.2, 0) is 10.5 Å². The van der Waals surface area contributed by atoms with Gasteiger partial charge >= 0.3 is 0 Å². The van der Waals surface area contributed by atoms with Crippen LogP contribution in [0, 0.1) is 3.57 Å². The molecule has 0 aliphatic rings. The van der Waals surface area contributed by atoms with E-state index in [0.717, 1.165) is 18.5 Å². The summed E-state index contributed by atoms with van der Waals surface area (Å²) in [6.45, 7) is -0.0811. The minimum atomic E-state index is -0.276. The molecule has 134 valence electrons. The molecule has 0 bridgehead atoms. The van der Waals surface area contributed by atoms with Crippen LogP contribution in [0.15, 0.2) is 52.9 Å². The van der Waals surface area contributed by atoms with Crippen LogP contribution < -0.4 is 10.1 Å². The molecule has 0 fully saturated rings. The van der Waals surface area contributed by atoms with Crippen molar-refractivity contribution in [2.45, 2.75) is 10.1 Å². The van der Waals surface area contributed by atoms with Gasteiger partial charge in [0.05, 0.1) is 0 Å². The quantitative estimate of drug-likeness (QED) is 0.268. The number of nitrogens with one attached hydrogen (secondary N) is 1. The Labute approximate surface area is 177 Å². The Morgan fingerprint density at radius 2 is 1.96 bits per heavy atom. The molecule has 1 N–H and O–H groups in total. The summed E-state index contributed by atoms with van der Waals surface area (Å²) in [4.78, 5) is 12.0. The van der Waals surface area contributed by atoms with Gasteiger partial charge in [0.1, 0.15) is 5.75 Å². The minimum absolute atomic E-state index is 0.0811. The summed E-state index contributed by atoms with van der Waals surface area (Å²) in [7, 11) is 0. The van der Waals surface area contributed by atoms with Gasteiger partial charge in [-0.15, -0.1) is 10.2 Å². The molecule has 3 aromatic rings. The number of rotatable bonds is 7. The Hall–Kier alpha value is -1.36. The van der Waals surface area contributed by atoms with Crippen molar-refractivity contribution >= 4 is 68.3 Å². The highest BCUT2D eigenvalue weighted by atomic mass is 127. The molecule has 0 aliphatic carbocycles. The summed E-state index contributed by atoms with van der Waals surface area (Å²) in [5.74, 6) is 1.06. The molecule has 9 heteroatoms. The topological polar surface area (TPSA) is 64.1 Å². The van der Waals surface area contributed by atoms with E-state index in [2.05, 4.69) is 38.1 Å². The molecule has 0 radical (unpaired) electrons. The normalized spacial score (nSPS) is 10.5. The molecular formula is C17H13ClIN3O2S2. The molecule has 1 aromatic heterocycles. The summed E-state index contributed by atoms with van der Waals surface area (Å²) < 4.78 is 7.31. The summed E-state index contributed by atoms with van der Waals surface area (Å²) in [6, 6.07) is 15.2. The Balaban J connectivity index is 1.47. The molecule has 0 saturated heterocycles. The van der Waals surface area contributed by atoms with Crippen molar-refractivity contribution in [1.82, 2.24) is 10.2 Å². The monoisotopic (exact) mass is 517 g/mol. The van der Waals surface area contributed by atoms with Crippen LogP contribution in [0.1, 0.15) is 5.56 Å². The van der Waals surface area contributed by atoms with Gasteiger partial charge in [0, 0.05) is 14.3 Å². The van der Waals surface area contributed by atoms with Gasteiger partial charge in [-0.05, 0) is 58.5 Å². The number of carbonyl (C=O) groups excluding carboxylic acids is 1. The highest BCUT2D eigenvalue weighted by Crippen LogP contribution is 2.30. The molecular weight excluding hydrogens is 505 g/mol. The fraction of sp³-hybridized carbons (Fsp3) is 0.118. The van der Waals surface area contributed by atoms with E-state index in [1.54, 1.807) is 0 Å². The average molecular weight is 518 g/mol. The number of halogens is 2. The Morgan fingerprint density at radius 3 is 2.73 bits per heavy atom. The lowest BCUT2D eigenvalue weighted by molar-refractivity contribution is -0.118. The molecule has 2 aromatic carbocycles. The van der Waals surface area contributed by atoms with Gasteiger partial charge in [-0.3, -0.25) is 10.1 Å². The fourth-order valence-electron chi connectivity index (χ4n) is 1.91. The number of thioether (sulfide) groups is 1. The summed E-state index contributed by atoms with van der Waals surface area (Å²) in [5, 5.41) is 11.9. The number of hydrogen-bond donors (Lipinski definition) is 1. The van der Waals surface area contributed by atoms with Crippen molar-refractivity contribution in [1.29, 1.82) is 0 Å². The third-order valence-corrected chi connectivity index (χ3v) is 6.25. The lowest BCUT2D eigenvalue weighted by atomic mass is 10.2. The molecule has 3 rings (SSSR count). The maximum Gasteiger partial charge on any atom is 0.264 e. The largest absolute Gasteiger partial charge is 0.484 e. The van der Waals surface area contributed by atoms with Crippen molar-refractivity contribution in [2.75, 3.05) is 11.9 Å². The first-order chi connectivity index (χ1) is 12.6. The number of amides is 1. The smallest absolute Gasteiger partial charge is 0.264 e. The molecule has 1 heterocycles. The number of hydrogen-bond acceptors (Lipinski definition) is 6. The van der Waals surface area contributed by atoms with E-state index in [4.69, 9.17) is 16.3 Å². The van der Waals surface area contributed by atoms with Crippen molar-refractivity contribution < 1.29 is 9.53 Å². The van der Waals surface area contributed by atoms with Crippen molar-refractivity contribution in [3.8, 4) is 5.75 Å². The fourth-order valence-corrected chi connectivity index (χ4v) is 4.32. The molecule has 0 aliphatic heterocycles. The molecule has 26 heavy (non-hydrogen) atoms. The Kier molecular flexibility index (Phi) is 7.12. The van der Waals surface area contributed by atoms with E-state index in [-0.39, 0.29) is 12.5 Å². The maximum atomic E-state index is 12.0. The molecule has 0 saturated carbocycles. The van der Waals surface area contributed by atoms with Crippen molar-refractivity contribution in [3.63, 3.8) is 0 Å². The summed E-state index contributed by atoms with van der Waals surface area (Å²) >= 11 is 11.2. The van der Waals surface area contributed by atoms with E-state index >= 15 is 0 Å². The highest BCUT2D eigenvalue weighted by Gasteiger charge is 2.10. The van der Waals surface area contributed by atoms with Crippen LogP contribution in [0.5, 0.6) is 5.75 Å². The third kappa shape index (κ3) is 5.83. The number of benzene rings is 2. The first-order valence-corrected chi connectivity index (χ1v) is 10.7. The zero-order chi connectivity index (χ0) is 18.4. The number of ether oxygens (including phenoxy) is 1. The zero-order valence-corrected chi connectivity index (χ0v) is 17.9. The van der Waals surface area contributed by atoms with E-state index in [9.17, 15) is 4.79 Å². The number of anilines is 1. The summed E-state index contributed by atoms with van der Waals surface area (Å²) in [5.41, 5.74) is 1.03. The lowest BCUT2D eigenvalue weighted by Crippen LogP contribution is -2.20. The van der Waals surface area contributed by atoms with E-state index in [0.29, 0.717) is 16.6 Å². The minimum Gasteiger partial charge on any atom is -0.484 e. The second kappa shape index (κ2) is 9.54. The van der Waals surface area contributed by atoms with Gasteiger partial charge in [0.2, 0.25) is 5.13 Å².